The Kier molecular flexibility index (Phi) is 4.74. The number of carbonyl (C=O) groups excluding carboxylic acids is 1. The third-order valence-corrected chi connectivity index (χ3v) is 3.64. The summed E-state index contributed by atoms with van der Waals surface area (Å²) in [5.74, 6) is 1.41. The van der Waals surface area contributed by atoms with Gasteiger partial charge >= 0.3 is 0 Å². The second-order valence-electron chi connectivity index (χ2n) is 5.63. The van der Waals surface area contributed by atoms with E-state index in [0.717, 1.165) is 11.3 Å². The maximum absolute atomic E-state index is 12.8. The quantitative estimate of drug-likeness (QED) is 0.767. The van der Waals surface area contributed by atoms with Gasteiger partial charge in [-0.25, -0.2) is 9.97 Å². The van der Waals surface area contributed by atoms with Gasteiger partial charge in [-0.05, 0) is 38.5 Å². The van der Waals surface area contributed by atoms with Crippen LogP contribution in [0.1, 0.15) is 28.6 Å². The normalized spacial score (nSPS) is 10.5. The van der Waals surface area contributed by atoms with Crippen LogP contribution >= 0.6 is 0 Å². The average Bonchev–Trinajstić information content (AvgIpc) is 3.01. The molecule has 7 nitrogen and oxygen atoms in total. The largest absolute Gasteiger partial charge is 0.360 e. The number of aromatic nitrogens is 3. The number of aryl methyl sites for hydroxylation is 2. The fraction of sp³-hybridized carbons (Fsp3) is 0.222. The first-order chi connectivity index (χ1) is 12.1. The number of nitrogens with one attached hydrogen (secondary N) is 1. The van der Waals surface area contributed by atoms with Crippen LogP contribution in [0.3, 0.4) is 0 Å². The number of carbonyl (C=O) groups is 1. The molecule has 128 valence electrons. The minimum atomic E-state index is -0.142. The van der Waals surface area contributed by atoms with Gasteiger partial charge in [0.15, 0.2) is 5.82 Å². The lowest BCUT2D eigenvalue weighted by Crippen LogP contribution is -2.30. The van der Waals surface area contributed by atoms with Crippen molar-refractivity contribution < 1.29 is 9.32 Å². The van der Waals surface area contributed by atoms with Crippen LogP contribution in [-0.4, -0.2) is 27.6 Å². The van der Waals surface area contributed by atoms with E-state index in [-0.39, 0.29) is 5.91 Å². The van der Waals surface area contributed by atoms with Gasteiger partial charge in [0, 0.05) is 30.7 Å². The molecule has 2 heterocycles. The van der Waals surface area contributed by atoms with Crippen molar-refractivity contribution >= 4 is 23.4 Å². The molecule has 3 rings (SSSR count). The van der Waals surface area contributed by atoms with Gasteiger partial charge in [-0.2, -0.15) is 0 Å². The Labute approximate surface area is 145 Å². The molecule has 0 radical (unpaired) electrons. The SMILES string of the molecule is CCN(C(=O)c1cnc(Nc2cc(C)on2)nc1)c1cccc(C)c1. The lowest BCUT2D eigenvalue weighted by atomic mass is 10.2. The minimum absolute atomic E-state index is 0.142. The van der Waals surface area contributed by atoms with Gasteiger partial charge in [-0.15, -0.1) is 0 Å². The predicted octanol–water partition coefficient (Wildman–Crippen LogP) is 3.49. The second-order valence-corrected chi connectivity index (χ2v) is 5.63. The van der Waals surface area contributed by atoms with Crippen molar-refractivity contribution in [2.45, 2.75) is 20.8 Å². The standard InChI is InChI=1S/C18H19N5O2/c1-4-23(15-7-5-6-12(2)8-15)17(24)14-10-19-18(20-11-14)21-16-9-13(3)25-22-16/h5-11H,4H2,1-3H3,(H,19,20,21,22). The molecule has 0 unspecified atom stereocenters. The van der Waals surface area contributed by atoms with Crippen molar-refractivity contribution in [2.75, 3.05) is 16.8 Å². The Balaban J connectivity index is 1.77. The summed E-state index contributed by atoms with van der Waals surface area (Å²) < 4.78 is 4.97. The van der Waals surface area contributed by atoms with Gasteiger partial charge in [-0.1, -0.05) is 17.3 Å². The average molecular weight is 337 g/mol. The number of rotatable bonds is 5. The highest BCUT2D eigenvalue weighted by Gasteiger charge is 2.17. The first-order valence-corrected chi connectivity index (χ1v) is 7.97. The van der Waals surface area contributed by atoms with Crippen LogP contribution in [0, 0.1) is 13.8 Å². The van der Waals surface area contributed by atoms with Crippen molar-refractivity contribution in [2.24, 2.45) is 0 Å². The summed E-state index contributed by atoms with van der Waals surface area (Å²) in [5.41, 5.74) is 2.38. The van der Waals surface area contributed by atoms with Crippen LogP contribution in [0.15, 0.2) is 47.2 Å². The summed E-state index contributed by atoms with van der Waals surface area (Å²) in [5, 5.41) is 6.74. The highest BCUT2D eigenvalue weighted by Crippen LogP contribution is 2.19. The molecule has 1 aromatic carbocycles. The first kappa shape index (κ1) is 16.6. The Bertz CT molecular complexity index is 873. The second kappa shape index (κ2) is 7.12. The van der Waals surface area contributed by atoms with E-state index in [2.05, 4.69) is 20.4 Å². The third kappa shape index (κ3) is 3.82. The summed E-state index contributed by atoms with van der Waals surface area (Å²) in [4.78, 5) is 22.8. The fourth-order valence-electron chi connectivity index (χ4n) is 2.44. The topological polar surface area (TPSA) is 84.2 Å². The van der Waals surface area contributed by atoms with Crippen LogP contribution in [0.2, 0.25) is 0 Å². The minimum Gasteiger partial charge on any atom is -0.360 e. The molecule has 0 bridgehead atoms. The van der Waals surface area contributed by atoms with Crippen molar-refractivity contribution in [3.63, 3.8) is 0 Å². The van der Waals surface area contributed by atoms with E-state index in [0.29, 0.717) is 29.6 Å². The molecule has 3 aromatic rings. The maximum Gasteiger partial charge on any atom is 0.261 e. The molecule has 0 aliphatic heterocycles. The summed E-state index contributed by atoms with van der Waals surface area (Å²) in [6, 6.07) is 9.56. The smallest absolute Gasteiger partial charge is 0.261 e. The van der Waals surface area contributed by atoms with E-state index in [1.165, 1.54) is 12.4 Å². The maximum atomic E-state index is 12.8. The van der Waals surface area contributed by atoms with Crippen molar-refractivity contribution in [1.82, 2.24) is 15.1 Å². The summed E-state index contributed by atoms with van der Waals surface area (Å²) >= 11 is 0. The van der Waals surface area contributed by atoms with Gasteiger partial charge in [0.2, 0.25) is 5.95 Å². The Morgan fingerprint density at radius 3 is 2.56 bits per heavy atom. The van der Waals surface area contributed by atoms with E-state index in [1.807, 2.05) is 38.1 Å². The number of hydrogen-bond donors (Lipinski definition) is 1. The molecule has 25 heavy (non-hydrogen) atoms. The van der Waals surface area contributed by atoms with Crippen molar-refractivity contribution in [3.05, 3.63) is 59.6 Å². The monoisotopic (exact) mass is 337 g/mol. The van der Waals surface area contributed by atoms with E-state index in [4.69, 9.17) is 4.52 Å². The molecule has 0 saturated carbocycles. The summed E-state index contributed by atoms with van der Waals surface area (Å²) in [7, 11) is 0. The number of benzene rings is 1. The molecule has 0 spiro atoms. The lowest BCUT2D eigenvalue weighted by Gasteiger charge is -2.21. The molecule has 0 aliphatic carbocycles. The summed E-state index contributed by atoms with van der Waals surface area (Å²) in [6.45, 7) is 6.28. The molecule has 0 fully saturated rings. The van der Waals surface area contributed by atoms with Gasteiger partial charge in [0.25, 0.3) is 5.91 Å². The van der Waals surface area contributed by atoms with Gasteiger partial charge in [-0.3, -0.25) is 4.79 Å². The molecular weight excluding hydrogens is 318 g/mol. The van der Waals surface area contributed by atoms with Crippen LogP contribution in [0.4, 0.5) is 17.5 Å². The lowest BCUT2D eigenvalue weighted by molar-refractivity contribution is 0.0987. The van der Waals surface area contributed by atoms with E-state index in [9.17, 15) is 4.79 Å². The van der Waals surface area contributed by atoms with Crippen molar-refractivity contribution in [1.29, 1.82) is 0 Å². The first-order valence-electron chi connectivity index (χ1n) is 7.97. The Hall–Kier alpha value is -3.22. The highest BCUT2D eigenvalue weighted by molar-refractivity contribution is 6.05. The predicted molar refractivity (Wildman–Crippen MR) is 95.1 cm³/mol. The van der Waals surface area contributed by atoms with Crippen molar-refractivity contribution in [3.8, 4) is 0 Å². The molecule has 1 amide bonds. The molecular formula is C18H19N5O2. The number of anilines is 3. The summed E-state index contributed by atoms with van der Waals surface area (Å²) in [6.07, 6.45) is 3.01. The molecule has 2 aromatic heterocycles. The Morgan fingerprint density at radius 1 is 1.20 bits per heavy atom. The molecule has 0 aliphatic rings. The van der Waals surface area contributed by atoms with Crippen LogP contribution in [0.5, 0.6) is 0 Å². The highest BCUT2D eigenvalue weighted by atomic mass is 16.5. The van der Waals surface area contributed by atoms with Gasteiger partial charge in [0.05, 0.1) is 5.56 Å². The number of amides is 1. The van der Waals surface area contributed by atoms with Crippen LogP contribution < -0.4 is 10.2 Å². The third-order valence-electron chi connectivity index (χ3n) is 3.64. The van der Waals surface area contributed by atoms with Gasteiger partial charge < -0.3 is 14.7 Å². The van der Waals surface area contributed by atoms with Crippen LogP contribution in [0.25, 0.3) is 0 Å². The number of hydrogen-bond acceptors (Lipinski definition) is 6. The zero-order valence-corrected chi connectivity index (χ0v) is 14.4. The molecule has 1 N–H and O–H groups in total. The Morgan fingerprint density at radius 2 is 1.96 bits per heavy atom. The van der Waals surface area contributed by atoms with E-state index in [1.54, 1.807) is 17.9 Å². The van der Waals surface area contributed by atoms with Crippen LogP contribution in [-0.2, 0) is 0 Å². The van der Waals surface area contributed by atoms with E-state index < -0.39 is 0 Å². The van der Waals surface area contributed by atoms with E-state index >= 15 is 0 Å². The zero-order chi connectivity index (χ0) is 17.8. The molecule has 0 saturated heterocycles. The molecule has 0 atom stereocenters. The molecule has 7 heteroatoms. The van der Waals surface area contributed by atoms with Gasteiger partial charge in [0.1, 0.15) is 5.76 Å². The zero-order valence-electron chi connectivity index (χ0n) is 14.4. The number of nitrogens with zero attached hydrogens (tertiary/aromatic N) is 4. The fourth-order valence-corrected chi connectivity index (χ4v) is 2.44.